The molecule has 152 valence electrons. The molecule has 0 aliphatic heterocycles. The first kappa shape index (κ1) is 19.5. The minimum atomic E-state index is 0.404. The second-order valence-corrected chi connectivity index (χ2v) is 7.60. The first-order chi connectivity index (χ1) is 14.2. The van der Waals surface area contributed by atoms with Crippen molar-refractivity contribution in [1.82, 2.24) is 10.5 Å². The predicted molar refractivity (Wildman–Crippen MR) is 112 cm³/mol. The normalized spacial score (nSPS) is 15.8. The molecule has 5 nitrogen and oxygen atoms in total. The number of hydrogen-bond donors (Lipinski definition) is 1. The van der Waals surface area contributed by atoms with Crippen molar-refractivity contribution in [1.29, 1.82) is 0 Å². The number of methoxy groups -OCH3 is 1. The minimum absolute atomic E-state index is 0.404. The van der Waals surface area contributed by atoms with Crippen molar-refractivity contribution in [3.63, 3.8) is 0 Å². The van der Waals surface area contributed by atoms with Crippen LogP contribution in [0.5, 0.6) is 11.5 Å². The molecule has 0 saturated heterocycles. The zero-order valence-corrected chi connectivity index (χ0v) is 17.3. The molecule has 1 aromatic heterocycles. The van der Waals surface area contributed by atoms with E-state index in [-0.39, 0.29) is 0 Å². The van der Waals surface area contributed by atoms with Crippen molar-refractivity contribution in [2.24, 2.45) is 0 Å². The monoisotopic (exact) mass is 392 g/mol. The van der Waals surface area contributed by atoms with Crippen LogP contribution < -0.4 is 14.8 Å². The molecular formula is C24H28N2O3. The maximum Gasteiger partial charge on any atom is 0.161 e. The Labute approximate surface area is 172 Å². The lowest BCUT2D eigenvalue weighted by atomic mass is 9.87. The van der Waals surface area contributed by atoms with Crippen LogP contribution in [0.1, 0.15) is 52.6 Å². The Hall–Kier alpha value is -2.79. The molecule has 1 heterocycles. The highest BCUT2D eigenvalue weighted by molar-refractivity contribution is 5.43. The maximum absolute atomic E-state index is 5.98. The van der Waals surface area contributed by atoms with Gasteiger partial charge in [-0.3, -0.25) is 0 Å². The van der Waals surface area contributed by atoms with Gasteiger partial charge >= 0.3 is 0 Å². The van der Waals surface area contributed by atoms with Gasteiger partial charge in [-0.25, -0.2) is 0 Å². The zero-order chi connectivity index (χ0) is 20.2. The fraction of sp³-hybridized carbons (Fsp3) is 0.375. The first-order valence-corrected chi connectivity index (χ1v) is 10.2. The number of aromatic nitrogens is 1. The van der Waals surface area contributed by atoms with E-state index in [1.54, 1.807) is 7.11 Å². The van der Waals surface area contributed by atoms with Crippen LogP contribution in [0.4, 0.5) is 0 Å². The summed E-state index contributed by atoms with van der Waals surface area (Å²) in [4.78, 5) is 0. The molecule has 3 aromatic rings. The number of rotatable bonds is 7. The van der Waals surface area contributed by atoms with Crippen molar-refractivity contribution in [3.8, 4) is 11.5 Å². The van der Waals surface area contributed by atoms with E-state index in [0.717, 1.165) is 35.1 Å². The molecule has 29 heavy (non-hydrogen) atoms. The Balaban J connectivity index is 1.42. The fourth-order valence-corrected chi connectivity index (χ4v) is 4.01. The van der Waals surface area contributed by atoms with E-state index >= 15 is 0 Å². The fourth-order valence-electron chi connectivity index (χ4n) is 4.01. The van der Waals surface area contributed by atoms with Crippen LogP contribution in [0.25, 0.3) is 0 Å². The van der Waals surface area contributed by atoms with E-state index < -0.39 is 0 Å². The average molecular weight is 392 g/mol. The second kappa shape index (κ2) is 8.70. The van der Waals surface area contributed by atoms with E-state index in [2.05, 4.69) is 40.8 Å². The van der Waals surface area contributed by atoms with Gasteiger partial charge in [0.2, 0.25) is 0 Å². The molecule has 0 fully saturated rings. The Bertz CT molecular complexity index is 961. The van der Waals surface area contributed by atoms with Crippen molar-refractivity contribution in [2.45, 2.75) is 52.3 Å². The highest BCUT2D eigenvalue weighted by Crippen LogP contribution is 2.32. The molecule has 1 unspecified atom stereocenters. The summed E-state index contributed by atoms with van der Waals surface area (Å²) in [5.41, 5.74) is 5.92. The van der Waals surface area contributed by atoms with Crippen LogP contribution >= 0.6 is 0 Å². The number of fused-ring (bicyclic) bond motifs is 1. The van der Waals surface area contributed by atoms with Gasteiger partial charge in [0, 0.05) is 12.6 Å². The summed E-state index contributed by atoms with van der Waals surface area (Å²) in [6, 6.07) is 15.3. The molecule has 0 bridgehead atoms. The van der Waals surface area contributed by atoms with E-state index in [0.29, 0.717) is 12.6 Å². The lowest BCUT2D eigenvalue weighted by Crippen LogP contribution is -2.24. The van der Waals surface area contributed by atoms with Crippen LogP contribution in [0.2, 0.25) is 0 Å². The molecule has 1 aliphatic rings. The van der Waals surface area contributed by atoms with Gasteiger partial charge < -0.3 is 19.3 Å². The SMILES string of the molecule is COc1cc(CNC2CCCc3ccccc32)ccc1OCc1c(C)noc1C. The quantitative estimate of drug-likeness (QED) is 0.610. The summed E-state index contributed by atoms with van der Waals surface area (Å²) in [5, 5.41) is 7.69. The van der Waals surface area contributed by atoms with Crippen molar-refractivity contribution in [3.05, 3.63) is 76.2 Å². The van der Waals surface area contributed by atoms with Gasteiger partial charge in [0.15, 0.2) is 11.5 Å². The van der Waals surface area contributed by atoms with Crippen molar-refractivity contribution < 1.29 is 14.0 Å². The summed E-state index contributed by atoms with van der Waals surface area (Å²) in [5.74, 6) is 2.24. The number of nitrogens with one attached hydrogen (secondary N) is 1. The molecule has 1 aliphatic carbocycles. The third-order valence-electron chi connectivity index (χ3n) is 5.70. The number of hydrogen-bond acceptors (Lipinski definition) is 5. The molecule has 4 rings (SSSR count). The maximum atomic E-state index is 5.98. The van der Waals surface area contributed by atoms with Crippen LogP contribution in [0.3, 0.4) is 0 Å². The molecule has 5 heteroatoms. The van der Waals surface area contributed by atoms with Crippen molar-refractivity contribution in [2.75, 3.05) is 7.11 Å². The van der Waals surface area contributed by atoms with Gasteiger partial charge in [-0.05, 0) is 61.9 Å². The lowest BCUT2D eigenvalue weighted by molar-refractivity contribution is 0.281. The van der Waals surface area contributed by atoms with Gasteiger partial charge in [0.25, 0.3) is 0 Å². The summed E-state index contributed by atoms with van der Waals surface area (Å²) < 4.78 is 16.8. The largest absolute Gasteiger partial charge is 0.493 e. The van der Waals surface area contributed by atoms with E-state index in [1.807, 2.05) is 26.0 Å². The molecule has 2 aromatic carbocycles. The molecular weight excluding hydrogens is 364 g/mol. The molecule has 1 atom stereocenters. The molecule has 0 amide bonds. The van der Waals surface area contributed by atoms with Gasteiger partial charge in [-0.2, -0.15) is 0 Å². The zero-order valence-electron chi connectivity index (χ0n) is 17.3. The van der Waals surface area contributed by atoms with Gasteiger partial charge in [-0.15, -0.1) is 0 Å². The van der Waals surface area contributed by atoms with Gasteiger partial charge in [-0.1, -0.05) is 35.5 Å². The lowest BCUT2D eigenvalue weighted by Gasteiger charge is -2.26. The number of nitrogens with zero attached hydrogens (tertiary/aromatic N) is 1. The third-order valence-corrected chi connectivity index (χ3v) is 5.70. The average Bonchev–Trinajstić information content (AvgIpc) is 3.08. The Morgan fingerprint density at radius 1 is 1.14 bits per heavy atom. The molecule has 1 N–H and O–H groups in total. The Kier molecular flexibility index (Phi) is 5.86. The van der Waals surface area contributed by atoms with Crippen LogP contribution in [0.15, 0.2) is 47.0 Å². The number of ether oxygens (including phenoxy) is 2. The Morgan fingerprint density at radius 3 is 2.79 bits per heavy atom. The highest BCUT2D eigenvalue weighted by atomic mass is 16.5. The highest BCUT2D eigenvalue weighted by Gasteiger charge is 2.19. The minimum Gasteiger partial charge on any atom is -0.493 e. The van der Waals surface area contributed by atoms with Gasteiger partial charge in [0.1, 0.15) is 12.4 Å². The van der Waals surface area contributed by atoms with E-state index in [9.17, 15) is 0 Å². The first-order valence-electron chi connectivity index (χ1n) is 10.2. The van der Waals surface area contributed by atoms with Crippen LogP contribution in [0, 0.1) is 13.8 Å². The topological polar surface area (TPSA) is 56.5 Å². The third kappa shape index (κ3) is 4.30. The summed E-state index contributed by atoms with van der Waals surface area (Å²) >= 11 is 0. The number of aryl methyl sites for hydroxylation is 3. The summed E-state index contributed by atoms with van der Waals surface area (Å²) in [7, 11) is 1.67. The second-order valence-electron chi connectivity index (χ2n) is 7.60. The van der Waals surface area contributed by atoms with Gasteiger partial charge in [0.05, 0.1) is 18.4 Å². The standard InChI is InChI=1S/C24H28N2O3/c1-16-21(17(2)29-26-16)15-28-23-12-11-18(13-24(23)27-3)14-25-22-10-6-8-19-7-4-5-9-20(19)22/h4-5,7,9,11-13,22,25H,6,8,10,14-15H2,1-3H3. The van der Waals surface area contributed by atoms with Crippen molar-refractivity contribution >= 4 is 0 Å². The van der Waals surface area contributed by atoms with E-state index in [4.69, 9.17) is 14.0 Å². The summed E-state index contributed by atoms with van der Waals surface area (Å²) in [6.45, 7) is 5.02. The van der Waals surface area contributed by atoms with Crippen LogP contribution in [-0.2, 0) is 19.6 Å². The molecule has 0 spiro atoms. The molecule has 0 radical (unpaired) electrons. The van der Waals surface area contributed by atoms with Crippen LogP contribution in [-0.4, -0.2) is 12.3 Å². The van der Waals surface area contributed by atoms with E-state index in [1.165, 1.54) is 36.0 Å². The molecule has 0 saturated carbocycles. The predicted octanol–water partition coefficient (Wildman–Crippen LogP) is 5.05. The summed E-state index contributed by atoms with van der Waals surface area (Å²) in [6.07, 6.45) is 3.58. The number of benzene rings is 2. The Morgan fingerprint density at radius 2 is 2.00 bits per heavy atom. The smallest absolute Gasteiger partial charge is 0.161 e.